The van der Waals surface area contributed by atoms with E-state index in [4.69, 9.17) is 0 Å². The Kier molecular flexibility index (Phi) is 5.52. The average molecular weight is 303 g/mol. The maximum atomic E-state index is 13.5. The molecule has 0 saturated heterocycles. The van der Waals surface area contributed by atoms with Gasteiger partial charge in [-0.2, -0.15) is 5.10 Å². The molecule has 0 bridgehead atoms. The molecule has 0 radical (unpaired) electrons. The first-order valence-corrected chi connectivity index (χ1v) is 7.25. The van der Waals surface area contributed by atoms with Gasteiger partial charge in [0.15, 0.2) is 5.96 Å². The summed E-state index contributed by atoms with van der Waals surface area (Å²) < 4.78 is 15.3. The molecule has 0 fully saturated rings. The Bertz CT molecular complexity index is 648. The van der Waals surface area contributed by atoms with Crippen molar-refractivity contribution < 1.29 is 4.39 Å². The highest BCUT2D eigenvalue weighted by atomic mass is 19.1. The molecule has 2 N–H and O–H groups in total. The fourth-order valence-corrected chi connectivity index (χ4v) is 2.08. The molecular weight excluding hydrogens is 281 g/mol. The summed E-state index contributed by atoms with van der Waals surface area (Å²) in [7, 11) is 3.62. The Labute approximate surface area is 130 Å². The topological polar surface area (TPSA) is 54.2 Å². The van der Waals surface area contributed by atoms with E-state index in [1.807, 2.05) is 25.5 Å². The van der Waals surface area contributed by atoms with Crippen LogP contribution in [0.5, 0.6) is 0 Å². The molecule has 118 valence electrons. The number of nitrogens with one attached hydrogen (secondary N) is 2. The van der Waals surface area contributed by atoms with Crippen LogP contribution in [0.3, 0.4) is 0 Å². The molecule has 1 aromatic carbocycles. The first kappa shape index (κ1) is 16.0. The fourth-order valence-electron chi connectivity index (χ4n) is 2.08. The van der Waals surface area contributed by atoms with Crippen LogP contribution in [-0.4, -0.2) is 29.3 Å². The highest BCUT2D eigenvalue weighted by molar-refractivity contribution is 5.79. The predicted molar refractivity (Wildman–Crippen MR) is 86.3 cm³/mol. The second kappa shape index (κ2) is 7.59. The van der Waals surface area contributed by atoms with E-state index in [2.05, 4.69) is 20.7 Å². The summed E-state index contributed by atoms with van der Waals surface area (Å²) in [5.41, 5.74) is 2.71. The number of guanidine groups is 1. The van der Waals surface area contributed by atoms with Crippen molar-refractivity contribution in [2.75, 3.05) is 13.6 Å². The zero-order chi connectivity index (χ0) is 15.9. The fraction of sp³-hybridized carbons (Fsp3) is 0.375. The first-order chi connectivity index (χ1) is 10.6. The van der Waals surface area contributed by atoms with Crippen molar-refractivity contribution in [1.82, 2.24) is 20.4 Å². The van der Waals surface area contributed by atoms with Crippen molar-refractivity contribution in [3.8, 4) is 0 Å². The number of aliphatic imine (C=N–C) groups is 1. The van der Waals surface area contributed by atoms with Crippen molar-refractivity contribution in [3.63, 3.8) is 0 Å². The summed E-state index contributed by atoms with van der Waals surface area (Å²) in [6, 6.07) is 5.24. The Morgan fingerprint density at radius 3 is 2.77 bits per heavy atom. The van der Waals surface area contributed by atoms with Crippen molar-refractivity contribution in [3.05, 3.63) is 53.1 Å². The SMILES string of the molecule is CN=C(NCCc1cnn(C)c1)NCc1ccc(C)c(F)c1. The third kappa shape index (κ3) is 4.58. The minimum Gasteiger partial charge on any atom is -0.356 e. The monoisotopic (exact) mass is 303 g/mol. The van der Waals surface area contributed by atoms with E-state index >= 15 is 0 Å². The molecule has 1 heterocycles. The zero-order valence-electron chi connectivity index (χ0n) is 13.2. The number of hydrogen-bond donors (Lipinski definition) is 2. The molecule has 0 aliphatic rings. The molecule has 6 heteroatoms. The molecule has 22 heavy (non-hydrogen) atoms. The van der Waals surface area contributed by atoms with Crippen molar-refractivity contribution >= 4 is 5.96 Å². The molecule has 0 aliphatic carbocycles. The van der Waals surface area contributed by atoms with Crippen LogP contribution in [0.4, 0.5) is 4.39 Å². The van der Waals surface area contributed by atoms with Crippen LogP contribution in [0, 0.1) is 12.7 Å². The largest absolute Gasteiger partial charge is 0.356 e. The second-order valence-electron chi connectivity index (χ2n) is 5.21. The molecule has 2 rings (SSSR count). The lowest BCUT2D eigenvalue weighted by Crippen LogP contribution is -2.37. The minimum absolute atomic E-state index is 0.182. The van der Waals surface area contributed by atoms with Gasteiger partial charge in [-0.15, -0.1) is 0 Å². The lowest BCUT2D eigenvalue weighted by Gasteiger charge is -2.12. The third-order valence-corrected chi connectivity index (χ3v) is 3.38. The molecule has 5 nitrogen and oxygen atoms in total. The van der Waals surface area contributed by atoms with E-state index in [9.17, 15) is 4.39 Å². The van der Waals surface area contributed by atoms with Crippen molar-refractivity contribution in [2.24, 2.45) is 12.0 Å². The molecular formula is C16H22FN5. The number of aromatic nitrogens is 2. The van der Waals surface area contributed by atoms with E-state index in [1.165, 1.54) is 5.56 Å². The summed E-state index contributed by atoms with van der Waals surface area (Å²) in [5, 5.41) is 10.5. The van der Waals surface area contributed by atoms with Crippen LogP contribution in [0.15, 0.2) is 35.6 Å². The van der Waals surface area contributed by atoms with Crippen LogP contribution >= 0.6 is 0 Å². The summed E-state index contributed by atoms with van der Waals surface area (Å²) in [6.07, 6.45) is 4.72. The van der Waals surface area contributed by atoms with Crippen LogP contribution in [0.25, 0.3) is 0 Å². The van der Waals surface area contributed by atoms with E-state index in [-0.39, 0.29) is 5.82 Å². The Morgan fingerprint density at radius 2 is 2.14 bits per heavy atom. The van der Waals surface area contributed by atoms with Crippen LogP contribution in [0.2, 0.25) is 0 Å². The van der Waals surface area contributed by atoms with Crippen LogP contribution in [0.1, 0.15) is 16.7 Å². The molecule has 0 atom stereocenters. The molecule has 1 aromatic heterocycles. The van der Waals surface area contributed by atoms with Gasteiger partial charge in [0.1, 0.15) is 5.82 Å². The van der Waals surface area contributed by atoms with Gasteiger partial charge in [-0.1, -0.05) is 12.1 Å². The minimum atomic E-state index is -0.182. The molecule has 0 aliphatic heterocycles. The molecule has 0 saturated carbocycles. The third-order valence-electron chi connectivity index (χ3n) is 3.38. The summed E-state index contributed by atoms with van der Waals surface area (Å²) in [4.78, 5) is 4.16. The van der Waals surface area contributed by atoms with Crippen molar-refractivity contribution in [2.45, 2.75) is 19.9 Å². The predicted octanol–water partition coefficient (Wildman–Crippen LogP) is 1.78. The lowest BCUT2D eigenvalue weighted by molar-refractivity contribution is 0.615. The average Bonchev–Trinajstić information content (AvgIpc) is 2.91. The molecule has 0 spiro atoms. The molecule has 0 unspecified atom stereocenters. The van der Waals surface area contributed by atoms with E-state index < -0.39 is 0 Å². The normalized spacial score (nSPS) is 11.5. The number of nitrogens with zero attached hydrogens (tertiary/aromatic N) is 3. The maximum absolute atomic E-state index is 13.5. The Morgan fingerprint density at radius 1 is 1.32 bits per heavy atom. The van der Waals surface area contributed by atoms with Gasteiger partial charge < -0.3 is 10.6 Å². The standard InChI is InChI=1S/C16H22FN5/c1-12-4-5-13(8-15(12)17)9-20-16(18-2)19-7-6-14-10-21-22(3)11-14/h4-5,8,10-11H,6-7,9H2,1-3H3,(H2,18,19,20). The quantitative estimate of drug-likeness (QED) is 0.654. The van der Waals surface area contributed by atoms with Gasteiger partial charge in [-0.25, -0.2) is 4.39 Å². The highest BCUT2D eigenvalue weighted by Gasteiger charge is 2.02. The Hall–Kier alpha value is -2.37. The van der Waals surface area contributed by atoms with Gasteiger partial charge >= 0.3 is 0 Å². The van der Waals surface area contributed by atoms with E-state index in [0.29, 0.717) is 18.1 Å². The number of aryl methyl sites for hydroxylation is 2. The summed E-state index contributed by atoms with van der Waals surface area (Å²) in [6.45, 7) is 3.04. The zero-order valence-corrected chi connectivity index (χ0v) is 13.2. The van der Waals surface area contributed by atoms with Gasteiger partial charge in [-0.3, -0.25) is 9.67 Å². The van der Waals surface area contributed by atoms with E-state index in [0.717, 1.165) is 18.5 Å². The highest BCUT2D eigenvalue weighted by Crippen LogP contribution is 2.08. The Balaban J connectivity index is 1.78. The van der Waals surface area contributed by atoms with E-state index in [1.54, 1.807) is 30.8 Å². The number of rotatable bonds is 5. The van der Waals surface area contributed by atoms with Crippen LogP contribution < -0.4 is 10.6 Å². The maximum Gasteiger partial charge on any atom is 0.191 e. The van der Waals surface area contributed by atoms with Gasteiger partial charge in [-0.05, 0) is 36.1 Å². The molecule has 0 amide bonds. The molecule has 2 aromatic rings. The lowest BCUT2D eigenvalue weighted by atomic mass is 10.1. The summed E-state index contributed by atoms with van der Waals surface area (Å²) in [5.74, 6) is 0.517. The van der Waals surface area contributed by atoms with Crippen molar-refractivity contribution in [1.29, 1.82) is 0 Å². The second-order valence-corrected chi connectivity index (χ2v) is 5.21. The van der Waals surface area contributed by atoms with Gasteiger partial charge in [0.2, 0.25) is 0 Å². The summed E-state index contributed by atoms with van der Waals surface area (Å²) >= 11 is 0. The number of benzene rings is 1. The van der Waals surface area contributed by atoms with Gasteiger partial charge in [0.05, 0.1) is 6.20 Å². The number of halogens is 1. The number of hydrogen-bond acceptors (Lipinski definition) is 2. The first-order valence-electron chi connectivity index (χ1n) is 7.25. The van der Waals surface area contributed by atoms with Gasteiger partial charge in [0.25, 0.3) is 0 Å². The smallest absolute Gasteiger partial charge is 0.191 e. The van der Waals surface area contributed by atoms with Crippen LogP contribution in [-0.2, 0) is 20.0 Å². The van der Waals surface area contributed by atoms with Gasteiger partial charge in [0, 0.05) is 33.4 Å².